The van der Waals surface area contributed by atoms with E-state index in [4.69, 9.17) is 4.74 Å². The van der Waals surface area contributed by atoms with Gasteiger partial charge in [0.2, 0.25) is 11.0 Å². The van der Waals surface area contributed by atoms with Crippen LogP contribution in [0.4, 0.5) is 10.9 Å². The van der Waals surface area contributed by atoms with E-state index in [1.54, 1.807) is 0 Å². The monoisotopic (exact) mass is 420 g/mol. The van der Waals surface area contributed by atoms with Crippen molar-refractivity contribution in [2.24, 2.45) is 0 Å². The fourth-order valence-electron chi connectivity index (χ4n) is 3.14. The first-order valence-corrected chi connectivity index (χ1v) is 11.0. The molecular formula is C18H24N6O2S2. The van der Waals surface area contributed by atoms with Crippen molar-refractivity contribution in [2.75, 3.05) is 29.5 Å². The van der Waals surface area contributed by atoms with Gasteiger partial charge in [0.05, 0.1) is 24.0 Å². The molecule has 1 amide bonds. The highest BCUT2D eigenvalue weighted by atomic mass is 32.2. The standard InChI is InChI=1S/C18H24N6O2S2/c1-4-20-17-22-23-18(28-17)27-10-15(25)21-16-14(8-19)11(2)12(3)24(16)9-13-6-5-7-26-13/h13H,4-7,9-10H2,1-3H3,(H,20,22)(H,21,25). The van der Waals surface area contributed by atoms with E-state index in [0.29, 0.717) is 17.9 Å². The van der Waals surface area contributed by atoms with Crippen LogP contribution in [0.5, 0.6) is 0 Å². The molecule has 1 fully saturated rings. The Morgan fingerprint density at radius 2 is 2.29 bits per heavy atom. The van der Waals surface area contributed by atoms with Crippen LogP contribution in [-0.4, -0.2) is 45.7 Å². The number of thioether (sulfide) groups is 1. The molecule has 1 aliphatic heterocycles. The highest BCUT2D eigenvalue weighted by Crippen LogP contribution is 2.29. The Kier molecular flexibility index (Phi) is 6.93. The van der Waals surface area contributed by atoms with E-state index < -0.39 is 0 Å². The van der Waals surface area contributed by atoms with Crippen molar-refractivity contribution in [1.29, 1.82) is 5.26 Å². The molecule has 28 heavy (non-hydrogen) atoms. The quantitative estimate of drug-likeness (QED) is 0.632. The van der Waals surface area contributed by atoms with Gasteiger partial charge in [0.15, 0.2) is 4.34 Å². The van der Waals surface area contributed by atoms with Crippen LogP contribution in [0.1, 0.15) is 36.6 Å². The van der Waals surface area contributed by atoms with E-state index in [9.17, 15) is 10.1 Å². The van der Waals surface area contributed by atoms with Crippen molar-refractivity contribution >= 4 is 40.0 Å². The molecule has 2 aromatic rings. The lowest BCUT2D eigenvalue weighted by Crippen LogP contribution is -2.22. The number of rotatable bonds is 8. The summed E-state index contributed by atoms with van der Waals surface area (Å²) in [5.74, 6) is 0.589. The summed E-state index contributed by atoms with van der Waals surface area (Å²) in [6.45, 7) is 8.05. The zero-order valence-electron chi connectivity index (χ0n) is 16.2. The molecule has 0 saturated carbocycles. The first kappa shape index (κ1) is 20.6. The summed E-state index contributed by atoms with van der Waals surface area (Å²) in [6.07, 6.45) is 2.16. The van der Waals surface area contributed by atoms with Crippen LogP contribution in [0, 0.1) is 25.2 Å². The maximum absolute atomic E-state index is 12.6. The van der Waals surface area contributed by atoms with Gasteiger partial charge in [0.25, 0.3) is 0 Å². The third-order valence-corrected chi connectivity index (χ3v) is 6.68. The summed E-state index contributed by atoms with van der Waals surface area (Å²) >= 11 is 2.75. The number of nitriles is 1. The minimum absolute atomic E-state index is 0.118. The molecule has 2 N–H and O–H groups in total. The van der Waals surface area contributed by atoms with Gasteiger partial charge in [-0.2, -0.15) is 5.26 Å². The van der Waals surface area contributed by atoms with Crippen LogP contribution in [0.3, 0.4) is 0 Å². The number of carbonyl (C=O) groups excluding carboxylic acids is 1. The number of carbonyl (C=O) groups is 1. The second-order valence-electron chi connectivity index (χ2n) is 6.53. The molecule has 150 valence electrons. The maximum atomic E-state index is 12.6. The zero-order chi connectivity index (χ0) is 20.1. The van der Waals surface area contributed by atoms with E-state index in [1.165, 1.54) is 23.1 Å². The highest BCUT2D eigenvalue weighted by Gasteiger charge is 2.24. The number of nitrogens with one attached hydrogen (secondary N) is 2. The molecule has 1 aliphatic rings. The lowest BCUT2D eigenvalue weighted by molar-refractivity contribution is -0.113. The minimum atomic E-state index is -0.173. The molecule has 0 aromatic carbocycles. The number of hydrogen-bond acceptors (Lipinski definition) is 8. The third-order valence-electron chi connectivity index (χ3n) is 4.67. The number of hydrogen-bond donors (Lipinski definition) is 2. The molecule has 0 aliphatic carbocycles. The second-order valence-corrected chi connectivity index (χ2v) is 8.73. The molecule has 1 unspecified atom stereocenters. The van der Waals surface area contributed by atoms with Crippen LogP contribution in [0.2, 0.25) is 0 Å². The molecule has 0 bridgehead atoms. The highest BCUT2D eigenvalue weighted by molar-refractivity contribution is 8.01. The Morgan fingerprint density at radius 3 is 2.96 bits per heavy atom. The fourth-order valence-corrected chi connectivity index (χ4v) is 4.76. The largest absolute Gasteiger partial charge is 0.376 e. The molecule has 8 nitrogen and oxygen atoms in total. The predicted octanol–water partition coefficient (Wildman–Crippen LogP) is 3.17. The van der Waals surface area contributed by atoms with E-state index in [2.05, 4.69) is 26.9 Å². The van der Waals surface area contributed by atoms with E-state index in [0.717, 1.165) is 46.7 Å². The summed E-state index contributed by atoms with van der Waals surface area (Å²) in [6, 6.07) is 2.23. The summed E-state index contributed by atoms with van der Waals surface area (Å²) in [5.41, 5.74) is 2.39. The van der Waals surface area contributed by atoms with Gasteiger partial charge in [-0.3, -0.25) is 4.79 Å². The molecule has 1 saturated heterocycles. The van der Waals surface area contributed by atoms with Gasteiger partial charge < -0.3 is 19.9 Å². The van der Waals surface area contributed by atoms with Crippen molar-refractivity contribution in [3.8, 4) is 6.07 Å². The number of nitrogens with zero attached hydrogens (tertiary/aromatic N) is 4. The first-order chi connectivity index (χ1) is 13.5. The van der Waals surface area contributed by atoms with Gasteiger partial charge in [0, 0.05) is 18.8 Å². The summed E-state index contributed by atoms with van der Waals surface area (Å²) in [5, 5.41) is 24.5. The lowest BCUT2D eigenvalue weighted by atomic mass is 10.2. The molecule has 2 aromatic heterocycles. The fraction of sp³-hybridized carbons (Fsp3) is 0.556. The topological polar surface area (TPSA) is 105 Å². The van der Waals surface area contributed by atoms with Crippen LogP contribution < -0.4 is 10.6 Å². The van der Waals surface area contributed by atoms with Gasteiger partial charge in [0.1, 0.15) is 11.9 Å². The van der Waals surface area contributed by atoms with E-state index >= 15 is 0 Å². The van der Waals surface area contributed by atoms with Crippen LogP contribution in [0.25, 0.3) is 0 Å². The average Bonchev–Trinajstić information content (AvgIpc) is 3.39. The van der Waals surface area contributed by atoms with Crippen molar-refractivity contribution in [3.63, 3.8) is 0 Å². The molecule has 3 rings (SSSR count). The molecule has 3 heterocycles. The number of anilines is 2. The molecule has 1 atom stereocenters. The summed E-state index contributed by atoms with van der Waals surface area (Å²) < 4.78 is 8.47. The van der Waals surface area contributed by atoms with Crippen molar-refractivity contribution in [1.82, 2.24) is 14.8 Å². The third kappa shape index (κ3) is 4.66. The number of ether oxygens (including phenoxy) is 1. The summed E-state index contributed by atoms with van der Waals surface area (Å²) in [4.78, 5) is 12.6. The Morgan fingerprint density at radius 1 is 1.46 bits per heavy atom. The smallest absolute Gasteiger partial charge is 0.235 e. The Balaban J connectivity index is 1.69. The summed E-state index contributed by atoms with van der Waals surface area (Å²) in [7, 11) is 0. The molecule has 0 spiro atoms. The lowest BCUT2D eigenvalue weighted by Gasteiger charge is -2.16. The first-order valence-electron chi connectivity index (χ1n) is 9.24. The molecular weight excluding hydrogens is 396 g/mol. The molecule has 0 radical (unpaired) electrons. The van der Waals surface area contributed by atoms with Crippen molar-refractivity contribution in [3.05, 3.63) is 16.8 Å². The van der Waals surface area contributed by atoms with E-state index in [1.807, 2.05) is 25.3 Å². The van der Waals surface area contributed by atoms with Gasteiger partial charge in [-0.25, -0.2) is 0 Å². The normalized spacial score (nSPS) is 16.1. The van der Waals surface area contributed by atoms with Crippen LogP contribution in [0.15, 0.2) is 4.34 Å². The minimum Gasteiger partial charge on any atom is -0.376 e. The second kappa shape index (κ2) is 9.41. The predicted molar refractivity (Wildman–Crippen MR) is 111 cm³/mol. The van der Waals surface area contributed by atoms with E-state index in [-0.39, 0.29) is 17.8 Å². The molecule has 10 heteroatoms. The number of aromatic nitrogens is 3. The van der Waals surface area contributed by atoms with Gasteiger partial charge in [-0.05, 0) is 39.2 Å². The van der Waals surface area contributed by atoms with Gasteiger partial charge in [-0.15, -0.1) is 10.2 Å². The SMILES string of the molecule is CCNc1nnc(SCC(=O)Nc2c(C#N)c(C)c(C)n2CC2CCCO2)s1. The van der Waals surface area contributed by atoms with Crippen molar-refractivity contribution < 1.29 is 9.53 Å². The Bertz CT molecular complexity index is 880. The average molecular weight is 421 g/mol. The van der Waals surface area contributed by atoms with Gasteiger partial charge in [-0.1, -0.05) is 23.1 Å². The maximum Gasteiger partial charge on any atom is 0.235 e. The van der Waals surface area contributed by atoms with Crippen LogP contribution in [-0.2, 0) is 16.1 Å². The Hall–Kier alpha value is -2.09. The van der Waals surface area contributed by atoms with Crippen LogP contribution >= 0.6 is 23.1 Å². The number of amides is 1. The van der Waals surface area contributed by atoms with Gasteiger partial charge >= 0.3 is 0 Å². The Labute approximate surface area is 172 Å². The van der Waals surface area contributed by atoms with Crippen molar-refractivity contribution in [2.45, 2.75) is 50.6 Å². The zero-order valence-corrected chi connectivity index (χ0v) is 17.9.